The summed E-state index contributed by atoms with van der Waals surface area (Å²) >= 11 is 0. The molecule has 0 saturated heterocycles. The zero-order valence-corrected chi connectivity index (χ0v) is 11.1. The third-order valence-corrected chi connectivity index (χ3v) is 2.83. The van der Waals surface area contributed by atoms with Gasteiger partial charge in [0, 0.05) is 30.7 Å². The van der Waals surface area contributed by atoms with Crippen LogP contribution >= 0.6 is 0 Å². The van der Waals surface area contributed by atoms with E-state index in [1.54, 1.807) is 18.6 Å². The van der Waals surface area contributed by atoms with E-state index < -0.39 is 12.0 Å². The van der Waals surface area contributed by atoms with Gasteiger partial charge in [0.05, 0.1) is 19.9 Å². The van der Waals surface area contributed by atoms with Crippen LogP contribution in [0.25, 0.3) is 0 Å². The number of esters is 1. The van der Waals surface area contributed by atoms with Crippen LogP contribution in [0.5, 0.6) is 0 Å². The number of aromatic amines is 2. The number of ether oxygens (including phenoxy) is 1. The summed E-state index contributed by atoms with van der Waals surface area (Å²) in [6.45, 7) is 0. The summed E-state index contributed by atoms with van der Waals surface area (Å²) in [4.78, 5) is 33.2. The highest BCUT2D eigenvalue weighted by molar-refractivity contribution is 5.85. The molecule has 2 aromatic heterocycles. The summed E-state index contributed by atoms with van der Waals surface area (Å²) in [6, 6.07) is 1.08. The van der Waals surface area contributed by atoms with Gasteiger partial charge >= 0.3 is 5.97 Å². The second-order valence-corrected chi connectivity index (χ2v) is 4.32. The lowest BCUT2D eigenvalue weighted by molar-refractivity contribution is -0.145. The molecule has 3 N–H and O–H groups in total. The fraction of sp³-hybridized carbons (Fsp3) is 0.308. The van der Waals surface area contributed by atoms with Crippen molar-refractivity contribution in [2.45, 2.75) is 18.9 Å². The summed E-state index contributed by atoms with van der Waals surface area (Å²) < 4.78 is 4.70. The van der Waals surface area contributed by atoms with Gasteiger partial charge in [0.1, 0.15) is 6.04 Å². The Morgan fingerprint density at radius 3 is 2.95 bits per heavy atom. The lowest BCUT2D eigenvalue weighted by Gasteiger charge is -2.15. The molecule has 0 aliphatic heterocycles. The summed E-state index contributed by atoms with van der Waals surface area (Å²) in [5, 5.41) is 2.67. The van der Waals surface area contributed by atoms with Crippen LogP contribution in [0, 0.1) is 0 Å². The second-order valence-electron chi connectivity index (χ2n) is 4.32. The SMILES string of the molecule is COC(=O)[C@H](Cc1cnc[nH]1)NC(=O)Cc1cc[nH]c1. The molecule has 2 aromatic rings. The third-order valence-electron chi connectivity index (χ3n) is 2.83. The summed E-state index contributed by atoms with van der Waals surface area (Å²) in [7, 11) is 1.29. The molecule has 2 rings (SSSR count). The van der Waals surface area contributed by atoms with Crippen molar-refractivity contribution in [1.82, 2.24) is 20.3 Å². The van der Waals surface area contributed by atoms with Gasteiger partial charge in [-0.25, -0.2) is 9.78 Å². The maximum Gasteiger partial charge on any atom is 0.328 e. The lowest BCUT2D eigenvalue weighted by atomic mass is 10.1. The standard InChI is InChI=1S/C13H16N4O3/c1-20-13(19)11(5-10-7-15-8-16-10)17-12(18)4-9-2-3-14-6-9/h2-3,6-8,11,14H,4-5H2,1H3,(H,15,16)(H,17,18)/t11-/m0/s1. The van der Waals surface area contributed by atoms with Crippen molar-refractivity contribution in [3.63, 3.8) is 0 Å². The molecule has 1 atom stereocenters. The molecule has 20 heavy (non-hydrogen) atoms. The van der Waals surface area contributed by atoms with E-state index in [1.807, 2.05) is 6.07 Å². The fourth-order valence-electron chi connectivity index (χ4n) is 1.85. The predicted octanol–water partition coefficient (Wildman–Crippen LogP) is 0.181. The van der Waals surface area contributed by atoms with Crippen molar-refractivity contribution >= 4 is 11.9 Å². The van der Waals surface area contributed by atoms with E-state index >= 15 is 0 Å². The van der Waals surface area contributed by atoms with E-state index in [9.17, 15) is 9.59 Å². The van der Waals surface area contributed by atoms with Gasteiger partial charge in [-0.3, -0.25) is 4.79 Å². The first-order valence-corrected chi connectivity index (χ1v) is 6.15. The van der Waals surface area contributed by atoms with Gasteiger partial charge in [0.15, 0.2) is 0 Å². The molecule has 7 heteroatoms. The average molecular weight is 276 g/mol. The van der Waals surface area contributed by atoms with Gasteiger partial charge in [0.2, 0.25) is 5.91 Å². The molecule has 0 saturated carbocycles. The monoisotopic (exact) mass is 276 g/mol. The summed E-state index contributed by atoms with van der Waals surface area (Å²) in [5.74, 6) is -0.721. The van der Waals surface area contributed by atoms with E-state index in [0.29, 0.717) is 6.42 Å². The molecule has 106 valence electrons. The van der Waals surface area contributed by atoms with Crippen LogP contribution in [0.1, 0.15) is 11.3 Å². The van der Waals surface area contributed by atoms with Crippen molar-refractivity contribution in [3.05, 3.63) is 42.2 Å². The molecule has 0 fully saturated rings. The zero-order valence-electron chi connectivity index (χ0n) is 11.1. The Morgan fingerprint density at radius 1 is 1.50 bits per heavy atom. The highest BCUT2D eigenvalue weighted by Crippen LogP contribution is 2.03. The minimum absolute atomic E-state index is 0.208. The number of H-pyrrole nitrogens is 2. The molecular formula is C13H16N4O3. The van der Waals surface area contributed by atoms with Crippen LogP contribution in [-0.4, -0.2) is 40.0 Å². The Hall–Kier alpha value is -2.57. The van der Waals surface area contributed by atoms with Crippen molar-refractivity contribution < 1.29 is 14.3 Å². The number of hydrogen-bond donors (Lipinski definition) is 3. The Bertz CT molecular complexity index is 548. The van der Waals surface area contributed by atoms with E-state index in [0.717, 1.165) is 11.3 Å². The molecule has 7 nitrogen and oxygen atoms in total. The summed E-state index contributed by atoms with van der Waals surface area (Å²) in [5.41, 5.74) is 1.61. The topological polar surface area (TPSA) is 99.9 Å². The smallest absolute Gasteiger partial charge is 0.328 e. The number of methoxy groups -OCH3 is 1. The number of imidazole rings is 1. The normalized spacial score (nSPS) is 11.8. The fourth-order valence-corrected chi connectivity index (χ4v) is 1.85. The minimum Gasteiger partial charge on any atom is -0.467 e. The van der Waals surface area contributed by atoms with E-state index in [1.165, 1.54) is 13.4 Å². The molecule has 0 aliphatic carbocycles. The van der Waals surface area contributed by atoms with Gasteiger partial charge in [-0.1, -0.05) is 0 Å². The number of nitrogens with one attached hydrogen (secondary N) is 3. The number of nitrogens with zero attached hydrogens (tertiary/aromatic N) is 1. The molecule has 2 heterocycles. The van der Waals surface area contributed by atoms with Gasteiger partial charge < -0.3 is 20.0 Å². The first-order chi connectivity index (χ1) is 9.69. The van der Waals surface area contributed by atoms with Crippen LogP contribution in [0.3, 0.4) is 0 Å². The van der Waals surface area contributed by atoms with Crippen LogP contribution in [0.4, 0.5) is 0 Å². The number of aromatic nitrogens is 3. The Kier molecular flexibility index (Phi) is 4.54. The van der Waals surface area contributed by atoms with Crippen molar-refractivity contribution in [1.29, 1.82) is 0 Å². The number of amides is 1. The largest absolute Gasteiger partial charge is 0.467 e. The average Bonchev–Trinajstić information content (AvgIpc) is 3.10. The molecule has 0 bridgehead atoms. The summed E-state index contributed by atoms with van der Waals surface area (Å²) in [6.07, 6.45) is 7.12. The van der Waals surface area contributed by atoms with Crippen LogP contribution in [0.2, 0.25) is 0 Å². The molecule has 0 aromatic carbocycles. The van der Waals surface area contributed by atoms with E-state index in [-0.39, 0.29) is 12.3 Å². The molecule has 0 aliphatic rings. The number of rotatable bonds is 6. The first-order valence-electron chi connectivity index (χ1n) is 6.15. The molecular weight excluding hydrogens is 260 g/mol. The van der Waals surface area contributed by atoms with Crippen molar-refractivity contribution in [2.75, 3.05) is 7.11 Å². The second kappa shape index (κ2) is 6.55. The van der Waals surface area contributed by atoms with Crippen LogP contribution in [-0.2, 0) is 27.2 Å². The van der Waals surface area contributed by atoms with Crippen LogP contribution in [0.15, 0.2) is 31.0 Å². The molecule has 0 unspecified atom stereocenters. The minimum atomic E-state index is -0.730. The molecule has 1 amide bonds. The lowest BCUT2D eigenvalue weighted by Crippen LogP contribution is -2.43. The van der Waals surface area contributed by atoms with Gasteiger partial charge in [-0.15, -0.1) is 0 Å². The number of hydrogen-bond acceptors (Lipinski definition) is 4. The number of carbonyl (C=O) groups is 2. The Balaban J connectivity index is 1.96. The number of carbonyl (C=O) groups excluding carboxylic acids is 2. The highest BCUT2D eigenvalue weighted by Gasteiger charge is 2.22. The predicted molar refractivity (Wildman–Crippen MR) is 70.7 cm³/mol. The van der Waals surface area contributed by atoms with Crippen molar-refractivity contribution in [3.8, 4) is 0 Å². The van der Waals surface area contributed by atoms with E-state index in [2.05, 4.69) is 20.3 Å². The Morgan fingerprint density at radius 2 is 2.35 bits per heavy atom. The van der Waals surface area contributed by atoms with Crippen LogP contribution < -0.4 is 5.32 Å². The van der Waals surface area contributed by atoms with E-state index in [4.69, 9.17) is 4.74 Å². The maximum atomic E-state index is 11.9. The highest BCUT2D eigenvalue weighted by atomic mass is 16.5. The first kappa shape index (κ1) is 13.9. The molecule has 0 spiro atoms. The maximum absolute atomic E-state index is 11.9. The van der Waals surface area contributed by atoms with Gasteiger partial charge in [-0.05, 0) is 11.6 Å². The van der Waals surface area contributed by atoms with Crippen molar-refractivity contribution in [2.24, 2.45) is 0 Å². The molecule has 0 radical (unpaired) electrons. The third kappa shape index (κ3) is 3.71. The van der Waals surface area contributed by atoms with Gasteiger partial charge in [-0.2, -0.15) is 0 Å². The quantitative estimate of drug-likeness (QED) is 0.655. The zero-order chi connectivity index (χ0) is 14.4. The van der Waals surface area contributed by atoms with Gasteiger partial charge in [0.25, 0.3) is 0 Å². The Labute approximate surface area is 115 Å².